The van der Waals surface area contributed by atoms with Crippen molar-refractivity contribution in [2.45, 2.75) is 30.9 Å². The Morgan fingerprint density at radius 3 is 2.16 bits per heavy atom. The van der Waals surface area contributed by atoms with Crippen molar-refractivity contribution in [2.24, 2.45) is 0 Å². The van der Waals surface area contributed by atoms with Crippen molar-refractivity contribution < 1.29 is 18.0 Å². The maximum absolute atomic E-state index is 12.5. The minimum Gasteiger partial charge on any atom is -0.328 e. The van der Waals surface area contributed by atoms with Crippen molar-refractivity contribution in [1.82, 2.24) is 4.90 Å². The van der Waals surface area contributed by atoms with Gasteiger partial charge in [0, 0.05) is 6.54 Å². The van der Waals surface area contributed by atoms with Gasteiger partial charge in [0.2, 0.25) is 5.91 Å². The zero-order valence-corrected chi connectivity index (χ0v) is 12.3. The molecule has 106 valence electrons. The van der Waals surface area contributed by atoms with Gasteiger partial charge in [-0.1, -0.05) is 46.3 Å². The van der Waals surface area contributed by atoms with Gasteiger partial charge in [0.15, 0.2) is 0 Å². The van der Waals surface area contributed by atoms with Gasteiger partial charge in [-0.05, 0) is 19.4 Å². The van der Waals surface area contributed by atoms with Crippen molar-refractivity contribution in [1.29, 1.82) is 0 Å². The fourth-order valence-electron chi connectivity index (χ4n) is 1.60. The number of hydrogen-bond acceptors (Lipinski definition) is 1. The van der Waals surface area contributed by atoms with Gasteiger partial charge in [0.1, 0.15) is 6.54 Å². The average molecular weight is 338 g/mol. The molecule has 1 amide bonds. The number of halogens is 4. The Bertz CT molecular complexity index is 426. The average Bonchev–Trinajstić information content (AvgIpc) is 2.25. The third kappa shape index (κ3) is 5.63. The second kappa shape index (κ2) is 5.94. The Morgan fingerprint density at radius 1 is 1.21 bits per heavy atom. The molecule has 1 rings (SSSR count). The third-order valence-electron chi connectivity index (χ3n) is 2.38. The summed E-state index contributed by atoms with van der Waals surface area (Å²) < 4.78 is 36.6. The van der Waals surface area contributed by atoms with Crippen LogP contribution in [0.1, 0.15) is 19.4 Å². The predicted octanol–water partition coefficient (Wildman–Crippen LogP) is 3.75. The largest absolute Gasteiger partial charge is 0.406 e. The van der Waals surface area contributed by atoms with Crippen molar-refractivity contribution in [3.8, 4) is 0 Å². The lowest BCUT2D eigenvalue weighted by Crippen LogP contribution is -2.45. The maximum Gasteiger partial charge on any atom is 0.406 e. The molecule has 0 aromatic heterocycles. The van der Waals surface area contributed by atoms with Crippen molar-refractivity contribution >= 4 is 21.8 Å². The topological polar surface area (TPSA) is 20.3 Å². The molecular formula is C13H15BrF3NO. The van der Waals surface area contributed by atoms with E-state index in [4.69, 9.17) is 0 Å². The van der Waals surface area contributed by atoms with E-state index in [1.807, 2.05) is 0 Å². The number of rotatable bonds is 4. The highest BCUT2D eigenvalue weighted by atomic mass is 79.9. The second-order valence-corrected chi connectivity index (χ2v) is 6.72. The number of hydrogen-bond donors (Lipinski definition) is 0. The van der Waals surface area contributed by atoms with E-state index in [1.165, 1.54) is 13.8 Å². The molecule has 6 heteroatoms. The molecule has 1 aromatic rings. The Balaban J connectivity index is 2.90. The zero-order valence-electron chi connectivity index (χ0n) is 10.7. The highest BCUT2D eigenvalue weighted by Crippen LogP contribution is 2.24. The quantitative estimate of drug-likeness (QED) is 0.766. The molecular weight excluding hydrogens is 323 g/mol. The Labute approximate surface area is 118 Å². The Hall–Kier alpha value is -1.04. The molecule has 0 aliphatic rings. The second-order valence-electron chi connectivity index (χ2n) is 4.73. The third-order valence-corrected chi connectivity index (χ3v) is 2.72. The molecule has 0 N–H and O–H groups in total. The first-order valence-corrected chi connectivity index (χ1v) is 6.48. The summed E-state index contributed by atoms with van der Waals surface area (Å²) in [6.45, 7) is 1.75. The number of amides is 1. The van der Waals surface area contributed by atoms with Gasteiger partial charge in [0.25, 0.3) is 0 Å². The van der Waals surface area contributed by atoms with Crippen molar-refractivity contribution in [2.75, 3.05) is 6.54 Å². The predicted molar refractivity (Wildman–Crippen MR) is 70.9 cm³/mol. The minimum absolute atomic E-state index is 0.0613. The van der Waals surface area contributed by atoms with E-state index in [0.717, 1.165) is 4.90 Å². The molecule has 0 saturated carbocycles. The molecule has 0 aliphatic carbocycles. The van der Waals surface area contributed by atoms with Crippen molar-refractivity contribution in [3.63, 3.8) is 0 Å². The number of alkyl halides is 4. The first-order chi connectivity index (χ1) is 8.59. The molecule has 0 saturated heterocycles. The first kappa shape index (κ1) is 16.0. The molecule has 0 bridgehead atoms. The molecule has 0 fully saturated rings. The summed E-state index contributed by atoms with van der Waals surface area (Å²) in [6, 6.07) is 8.61. The molecule has 19 heavy (non-hydrogen) atoms. The highest BCUT2D eigenvalue weighted by Gasteiger charge is 2.37. The lowest BCUT2D eigenvalue weighted by Gasteiger charge is -2.29. The first-order valence-electron chi connectivity index (χ1n) is 5.68. The zero-order chi connectivity index (χ0) is 14.7. The highest BCUT2D eigenvalue weighted by molar-refractivity contribution is 9.10. The fourth-order valence-corrected chi connectivity index (χ4v) is 1.85. The van der Waals surface area contributed by atoms with Crippen LogP contribution >= 0.6 is 15.9 Å². The van der Waals surface area contributed by atoms with Crippen LogP contribution in [0.4, 0.5) is 13.2 Å². The molecule has 1 aromatic carbocycles. The van der Waals surface area contributed by atoms with E-state index in [-0.39, 0.29) is 6.54 Å². The fraction of sp³-hybridized carbons (Fsp3) is 0.462. The monoisotopic (exact) mass is 337 g/mol. The van der Waals surface area contributed by atoms with E-state index in [0.29, 0.717) is 5.56 Å². The summed E-state index contributed by atoms with van der Waals surface area (Å²) in [5, 5.41) is 0. The lowest BCUT2D eigenvalue weighted by atomic mass is 10.1. The molecule has 0 atom stereocenters. The lowest BCUT2D eigenvalue weighted by molar-refractivity contribution is -0.163. The van der Waals surface area contributed by atoms with Crippen LogP contribution in [0.15, 0.2) is 30.3 Å². The molecule has 0 aliphatic heterocycles. The van der Waals surface area contributed by atoms with Crippen LogP contribution in [-0.2, 0) is 11.3 Å². The van der Waals surface area contributed by atoms with Crippen LogP contribution in [0.25, 0.3) is 0 Å². The molecule has 0 unspecified atom stereocenters. The van der Waals surface area contributed by atoms with Crippen LogP contribution in [0, 0.1) is 0 Å². The summed E-state index contributed by atoms with van der Waals surface area (Å²) in [6.07, 6.45) is -4.41. The number of carbonyl (C=O) groups excluding carboxylic acids is 1. The van der Waals surface area contributed by atoms with Crippen LogP contribution < -0.4 is 0 Å². The SMILES string of the molecule is CC(C)(Br)C(=O)N(Cc1ccccc1)CC(F)(F)F. The van der Waals surface area contributed by atoms with E-state index in [9.17, 15) is 18.0 Å². The van der Waals surface area contributed by atoms with Crippen LogP contribution in [0.5, 0.6) is 0 Å². The van der Waals surface area contributed by atoms with Gasteiger partial charge in [-0.15, -0.1) is 0 Å². The smallest absolute Gasteiger partial charge is 0.328 e. The van der Waals surface area contributed by atoms with Gasteiger partial charge in [-0.2, -0.15) is 13.2 Å². The molecule has 0 spiro atoms. The van der Waals surface area contributed by atoms with E-state index in [2.05, 4.69) is 15.9 Å². The van der Waals surface area contributed by atoms with E-state index in [1.54, 1.807) is 30.3 Å². The summed E-state index contributed by atoms with van der Waals surface area (Å²) in [5.41, 5.74) is 0.664. The standard InChI is InChI=1S/C13H15BrF3NO/c1-12(2,14)11(19)18(9-13(15,16)17)8-10-6-4-3-5-7-10/h3-7H,8-9H2,1-2H3. The van der Waals surface area contributed by atoms with Gasteiger partial charge in [-0.25, -0.2) is 0 Å². The van der Waals surface area contributed by atoms with Crippen LogP contribution in [0.3, 0.4) is 0 Å². The number of nitrogens with zero attached hydrogens (tertiary/aromatic N) is 1. The number of benzene rings is 1. The Kier molecular flexibility index (Phi) is 5.01. The molecule has 0 radical (unpaired) electrons. The van der Waals surface area contributed by atoms with Gasteiger partial charge in [0.05, 0.1) is 4.32 Å². The maximum atomic E-state index is 12.5. The summed E-state index contributed by atoms with van der Waals surface area (Å²) in [4.78, 5) is 12.8. The summed E-state index contributed by atoms with van der Waals surface area (Å²) in [5.74, 6) is -0.589. The summed E-state index contributed by atoms with van der Waals surface area (Å²) in [7, 11) is 0. The van der Waals surface area contributed by atoms with Crippen LogP contribution in [0.2, 0.25) is 0 Å². The normalized spacial score (nSPS) is 12.3. The van der Waals surface area contributed by atoms with Crippen LogP contribution in [-0.4, -0.2) is 27.9 Å². The van der Waals surface area contributed by atoms with Gasteiger partial charge < -0.3 is 4.90 Å². The van der Waals surface area contributed by atoms with E-state index < -0.39 is 23.0 Å². The Morgan fingerprint density at radius 2 is 1.74 bits per heavy atom. The minimum atomic E-state index is -4.41. The van der Waals surface area contributed by atoms with Gasteiger partial charge >= 0.3 is 6.18 Å². The summed E-state index contributed by atoms with van der Waals surface area (Å²) >= 11 is 3.11. The molecule has 2 nitrogen and oxygen atoms in total. The molecule has 0 heterocycles. The van der Waals surface area contributed by atoms with Gasteiger partial charge in [-0.3, -0.25) is 4.79 Å². The number of carbonyl (C=O) groups is 1. The van der Waals surface area contributed by atoms with Crippen molar-refractivity contribution in [3.05, 3.63) is 35.9 Å². The van der Waals surface area contributed by atoms with E-state index >= 15 is 0 Å².